The van der Waals surface area contributed by atoms with Crippen LogP contribution in [0.1, 0.15) is 12.0 Å². The minimum Gasteiger partial charge on any atom is -0.503 e. The number of nitrogens with two attached hydrogens (primary N) is 1. The van der Waals surface area contributed by atoms with Gasteiger partial charge in [-0.25, -0.2) is 8.78 Å². The van der Waals surface area contributed by atoms with E-state index in [9.17, 15) is 13.6 Å². The first-order chi connectivity index (χ1) is 7.00. The summed E-state index contributed by atoms with van der Waals surface area (Å²) < 4.78 is 25.6. The van der Waals surface area contributed by atoms with Crippen molar-refractivity contribution in [3.8, 4) is 5.75 Å². The normalized spacial score (nSPS) is 10.8. The predicted molar refractivity (Wildman–Crippen MR) is 50.9 cm³/mol. The molecule has 0 bridgehead atoms. The van der Waals surface area contributed by atoms with E-state index in [1.54, 1.807) is 0 Å². The summed E-state index contributed by atoms with van der Waals surface area (Å²) in [5.41, 5.74) is 5.07. The SMILES string of the molecule is NC(=O)CC=Cc1cc(F)c(O)c(F)c1. The lowest BCUT2D eigenvalue weighted by atomic mass is 10.1. The smallest absolute Gasteiger partial charge is 0.221 e. The van der Waals surface area contributed by atoms with E-state index in [2.05, 4.69) is 0 Å². The standard InChI is InChI=1S/C10H9F2NO2/c11-7-4-6(2-1-3-9(13)14)5-8(12)10(7)15/h1-2,4-5,15H,3H2,(H2,13,14). The highest BCUT2D eigenvalue weighted by molar-refractivity contribution is 5.76. The maximum Gasteiger partial charge on any atom is 0.221 e. The molecule has 1 aromatic carbocycles. The molecule has 0 heterocycles. The van der Waals surface area contributed by atoms with Crippen molar-refractivity contribution in [2.75, 3.05) is 0 Å². The fourth-order valence-corrected chi connectivity index (χ4v) is 0.993. The van der Waals surface area contributed by atoms with Gasteiger partial charge in [-0.2, -0.15) is 0 Å². The zero-order chi connectivity index (χ0) is 11.4. The van der Waals surface area contributed by atoms with Gasteiger partial charge in [0.25, 0.3) is 0 Å². The zero-order valence-electron chi connectivity index (χ0n) is 7.71. The molecule has 0 aliphatic carbocycles. The van der Waals surface area contributed by atoms with Gasteiger partial charge in [-0.3, -0.25) is 4.79 Å². The Bertz CT molecular complexity index is 393. The number of aromatic hydroxyl groups is 1. The summed E-state index contributed by atoms with van der Waals surface area (Å²) >= 11 is 0. The molecule has 1 amide bonds. The third kappa shape index (κ3) is 3.05. The van der Waals surface area contributed by atoms with E-state index < -0.39 is 23.3 Å². The lowest BCUT2D eigenvalue weighted by molar-refractivity contribution is -0.117. The molecule has 0 radical (unpaired) electrons. The van der Waals surface area contributed by atoms with Crippen LogP contribution in [0.25, 0.3) is 6.08 Å². The van der Waals surface area contributed by atoms with Crippen LogP contribution < -0.4 is 5.73 Å². The minimum absolute atomic E-state index is 0.00981. The van der Waals surface area contributed by atoms with Crippen molar-refractivity contribution in [2.45, 2.75) is 6.42 Å². The fourth-order valence-electron chi connectivity index (χ4n) is 0.993. The minimum atomic E-state index is -1.05. The molecule has 80 valence electrons. The summed E-state index contributed by atoms with van der Waals surface area (Å²) in [6, 6.07) is 1.91. The lowest BCUT2D eigenvalue weighted by Gasteiger charge is -1.99. The molecule has 0 aliphatic rings. The van der Waals surface area contributed by atoms with Crippen molar-refractivity contribution in [3.63, 3.8) is 0 Å². The van der Waals surface area contributed by atoms with E-state index in [4.69, 9.17) is 10.8 Å². The molecule has 1 aromatic rings. The number of benzene rings is 1. The summed E-state index contributed by atoms with van der Waals surface area (Å²) in [5, 5.41) is 8.80. The number of phenols is 1. The average molecular weight is 213 g/mol. The van der Waals surface area contributed by atoms with Gasteiger partial charge < -0.3 is 10.8 Å². The number of carbonyl (C=O) groups is 1. The van der Waals surface area contributed by atoms with Crippen molar-refractivity contribution in [1.29, 1.82) is 0 Å². The molecule has 15 heavy (non-hydrogen) atoms. The second-order valence-electron chi connectivity index (χ2n) is 2.91. The molecule has 0 unspecified atom stereocenters. The van der Waals surface area contributed by atoms with Crippen LogP contribution in [0.2, 0.25) is 0 Å². The van der Waals surface area contributed by atoms with Crippen molar-refractivity contribution in [2.24, 2.45) is 5.73 Å². The number of phenolic OH excluding ortho intramolecular Hbond substituents is 1. The lowest BCUT2D eigenvalue weighted by Crippen LogP contribution is -2.07. The van der Waals surface area contributed by atoms with E-state index in [-0.39, 0.29) is 12.0 Å². The molecule has 0 atom stereocenters. The topological polar surface area (TPSA) is 63.3 Å². The first kappa shape index (κ1) is 11.2. The van der Waals surface area contributed by atoms with E-state index in [1.807, 2.05) is 0 Å². The Morgan fingerprint density at radius 2 is 1.93 bits per heavy atom. The number of carbonyl (C=O) groups excluding carboxylic acids is 1. The van der Waals surface area contributed by atoms with Crippen LogP contribution in [0, 0.1) is 11.6 Å². The van der Waals surface area contributed by atoms with E-state index in [0.717, 1.165) is 12.1 Å². The second-order valence-corrected chi connectivity index (χ2v) is 2.91. The van der Waals surface area contributed by atoms with Gasteiger partial charge >= 0.3 is 0 Å². The Morgan fingerprint density at radius 1 is 1.40 bits per heavy atom. The number of primary amides is 1. The van der Waals surface area contributed by atoms with Crippen molar-refractivity contribution in [1.82, 2.24) is 0 Å². The Hall–Kier alpha value is -1.91. The first-order valence-electron chi connectivity index (χ1n) is 4.13. The van der Waals surface area contributed by atoms with Gasteiger partial charge in [-0.1, -0.05) is 12.2 Å². The largest absolute Gasteiger partial charge is 0.503 e. The Balaban J connectivity index is 2.87. The quantitative estimate of drug-likeness (QED) is 0.800. The van der Waals surface area contributed by atoms with Gasteiger partial charge in [-0.05, 0) is 17.7 Å². The van der Waals surface area contributed by atoms with Crippen molar-refractivity contribution >= 4 is 12.0 Å². The van der Waals surface area contributed by atoms with Gasteiger partial charge in [-0.15, -0.1) is 0 Å². The maximum absolute atomic E-state index is 12.8. The highest BCUT2D eigenvalue weighted by Crippen LogP contribution is 2.21. The molecule has 0 saturated heterocycles. The van der Waals surface area contributed by atoms with Crippen LogP contribution in [0.5, 0.6) is 5.75 Å². The molecular formula is C10H9F2NO2. The molecule has 0 aliphatic heterocycles. The number of hydrogen-bond donors (Lipinski definition) is 2. The van der Waals surface area contributed by atoms with E-state index in [0.29, 0.717) is 0 Å². The summed E-state index contributed by atoms with van der Waals surface area (Å²) in [5.74, 6) is -3.64. The van der Waals surface area contributed by atoms with Gasteiger partial charge in [0, 0.05) is 6.42 Å². The highest BCUT2D eigenvalue weighted by Gasteiger charge is 2.07. The molecule has 0 spiro atoms. The van der Waals surface area contributed by atoms with Gasteiger partial charge in [0.1, 0.15) is 0 Å². The van der Waals surface area contributed by atoms with Crippen LogP contribution in [0.15, 0.2) is 18.2 Å². The summed E-state index contributed by atoms with van der Waals surface area (Å²) in [6.45, 7) is 0. The predicted octanol–water partition coefficient (Wildman–Crippen LogP) is 1.56. The molecule has 3 nitrogen and oxygen atoms in total. The molecule has 0 saturated carbocycles. The Labute approximate surface area is 84.8 Å². The highest BCUT2D eigenvalue weighted by atomic mass is 19.1. The van der Waals surface area contributed by atoms with Crippen LogP contribution in [-0.2, 0) is 4.79 Å². The zero-order valence-corrected chi connectivity index (χ0v) is 7.71. The molecule has 5 heteroatoms. The average Bonchev–Trinajstić information content (AvgIpc) is 2.13. The summed E-state index contributed by atoms with van der Waals surface area (Å²) in [7, 11) is 0. The fraction of sp³-hybridized carbons (Fsp3) is 0.100. The van der Waals surface area contributed by atoms with Crippen LogP contribution in [0.3, 0.4) is 0 Å². The summed E-state index contributed by atoms with van der Waals surface area (Å²) in [6.07, 6.45) is 2.72. The Kier molecular flexibility index (Phi) is 3.38. The number of hydrogen-bond acceptors (Lipinski definition) is 2. The summed E-state index contributed by atoms with van der Waals surface area (Å²) in [4.78, 5) is 10.4. The van der Waals surface area contributed by atoms with Crippen molar-refractivity contribution in [3.05, 3.63) is 35.4 Å². The first-order valence-corrected chi connectivity index (χ1v) is 4.13. The third-order valence-corrected chi connectivity index (χ3v) is 1.67. The maximum atomic E-state index is 12.8. The van der Waals surface area contributed by atoms with Gasteiger partial charge in [0.05, 0.1) is 0 Å². The van der Waals surface area contributed by atoms with Crippen LogP contribution in [0.4, 0.5) is 8.78 Å². The third-order valence-electron chi connectivity index (χ3n) is 1.67. The van der Waals surface area contributed by atoms with Crippen LogP contribution >= 0.6 is 0 Å². The Morgan fingerprint density at radius 3 is 2.40 bits per heavy atom. The van der Waals surface area contributed by atoms with Crippen molar-refractivity contribution < 1.29 is 18.7 Å². The van der Waals surface area contributed by atoms with E-state index in [1.165, 1.54) is 12.2 Å². The monoisotopic (exact) mass is 213 g/mol. The van der Waals surface area contributed by atoms with Gasteiger partial charge in [0.2, 0.25) is 5.91 Å². The van der Waals surface area contributed by atoms with E-state index >= 15 is 0 Å². The molecule has 0 aromatic heterocycles. The number of rotatable bonds is 3. The molecule has 3 N–H and O–H groups in total. The number of halogens is 2. The van der Waals surface area contributed by atoms with Gasteiger partial charge in [0.15, 0.2) is 17.4 Å². The molecular weight excluding hydrogens is 204 g/mol. The second kappa shape index (κ2) is 4.54. The molecule has 0 fully saturated rings. The van der Waals surface area contributed by atoms with Crippen LogP contribution in [-0.4, -0.2) is 11.0 Å². The molecule has 1 rings (SSSR count). The number of amides is 1.